The van der Waals surface area contributed by atoms with Gasteiger partial charge in [0, 0.05) is 38.6 Å². The van der Waals surface area contributed by atoms with Crippen LogP contribution in [-0.2, 0) is 22.4 Å². The number of carboxylic acid groups (broad SMARTS) is 1. The molecule has 5 aromatic rings. The van der Waals surface area contributed by atoms with E-state index in [1.807, 2.05) is 11.0 Å². The number of hydrogen-bond acceptors (Lipinski definition) is 9. The fraction of sp³-hybridized carbons (Fsp3) is 0.368. The van der Waals surface area contributed by atoms with Crippen LogP contribution in [0.1, 0.15) is 41.8 Å². The number of aromatic amines is 1. The molecule has 2 aromatic heterocycles. The van der Waals surface area contributed by atoms with Crippen molar-refractivity contribution in [2.45, 2.75) is 33.1 Å². The number of carboxylic acids is 1. The second-order valence-electron chi connectivity index (χ2n) is 11.7. The fourth-order valence-corrected chi connectivity index (χ4v) is 6.49. The van der Waals surface area contributed by atoms with Crippen molar-refractivity contribution in [3.63, 3.8) is 0 Å². The van der Waals surface area contributed by atoms with E-state index in [2.05, 4.69) is 76.5 Å². The molecule has 0 unspecified atom stereocenters. The van der Waals surface area contributed by atoms with Gasteiger partial charge in [0.2, 0.25) is 5.91 Å². The summed E-state index contributed by atoms with van der Waals surface area (Å²) in [7, 11) is 0. The summed E-state index contributed by atoms with van der Waals surface area (Å²) in [4.78, 5) is 45.5. The summed E-state index contributed by atoms with van der Waals surface area (Å²) in [5.41, 5.74) is 3.01. The smallest absolute Gasteiger partial charge is 0.337 e. The van der Waals surface area contributed by atoms with E-state index < -0.39 is 5.97 Å². The average molecular weight is 702 g/mol. The molecule has 0 atom stereocenters. The van der Waals surface area contributed by atoms with E-state index in [1.54, 1.807) is 12.1 Å². The van der Waals surface area contributed by atoms with E-state index in [1.165, 1.54) is 34.8 Å². The van der Waals surface area contributed by atoms with Crippen molar-refractivity contribution < 1.29 is 24.5 Å². The predicted molar refractivity (Wildman–Crippen MR) is 199 cm³/mol. The van der Waals surface area contributed by atoms with E-state index in [0.717, 1.165) is 54.1 Å². The Hall–Kier alpha value is -4.62. The summed E-state index contributed by atoms with van der Waals surface area (Å²) in [5.74, 6) is -0.737. The molecule has 2 heterocycles. The van der Waals surface area contributed by atoms with Crippen molar-refractivity contribution in [2.75, 3.05) is 59.0 Å². The lowest BCUT2D eigenvalue weighted by molar-refractivity contribution is -0.132. The molecule has 11 nitrogen and oxygen atoms in total. The molecule has 0 bridgehead atoms. The number of H-pyrrole nitrogens is 1. The molecule has 12 heteroatoms. The third kappa shape index (κ3) is 11.5. The molecular weight excluding hydrogens is 655 g/mol. The van der Waals surface area contributed by atoms with Gasteiger partial charge in [-0.1, -0.05) is 73.7 Å². The first-order valence-corrected chi connectivity index (χ1v) is 17.8. The number of rotatable bonds is 18. The highest BCUT2D eigenvalue weighted by atomic mass is 32.1. The number of hydrogen-bond donors (Lipinski definition) is 4. The number of carbonyl (C=O) groups is 2. The van der Waals surface area contributed by atoms with Gasteiger partial charge in [0.25, 0.3) is 0 Å². The van der Waals surface area contributed by atoms with Crippen molar-refractivity contribution in [1.29, 1.82) is 0 Å². The Balaban J connectivity index is 0.000000541. The van der Waals surface area contributed by atoms with E-state index in [0.29, 0.717) is 51.3 Å². The second kappa shape index (κ2) is 20.1. The molecule has 0 aliphatic rings. The number of aromatic nitrogens is 2. The van der Waals surface area contributed by atoms with Crippen LogP contribution in [0.15, 0.2) is 83.9 Å². The molecule has 50 heavy (non-hydrogen) atoms. The maximum absolute atomic E-state index is 13.2. The maximum Gasteiger partial charge on any atom is 0.337 e. The highest BCUT2D eigenvalue weighted by Crippen LogP contribution is 2.27. The quantitative estimate of drug-likeness (QED) is 0.0908. The summed E-state index contributed by atoms with van der Waals surface area (Å²) in [6.45, 7) is 10.7. The summed E-state index contributed by atoms with van der Waals surface area (Å²) in [6, 6.07) is 21.3. The predicted octanol–water partition coefficient (Wildman–Crippen LogP) is 5.18. The largest absolute Gasteiger partial charge is 0.506 e. The van der Waals surface area contributed by atoms with E-state index >= 15 is 0 Å². The molecule has 4 N–H and O–H groups in total. The fourth-order valence-electron chi connectivity index (χ4n) is 5.60. The number of thiazole rings is 1. The van der Waals surface area contributed by atoms with Crippen LogP contribution in [-0.4, -0.2) is 101 Å². The Kier molecular flexibility index (Phi) is 15.4. The van der Waals surface area contributed by atoms with Crippen LogP contribution in [0.3, 0.4) is 0 Å². The van der Waals surface area contributed by atoms with Gasteiger partial charge >= 0.3 is 10.8 Å². The van der Waals surface area contributed by atoms with Crippen molar-refractivity contribution in [2.24, 2.45) is 0 Å². The minimum absolute atomic E-state index is 0.0926. The number of phenolic OH excluding ortho intramolecular Hbond substituents is 1. The third-order valence-electron chi connectivity index (χ3n) is 8.47. The van der Waals surface area contributed by atoms with Gasteiger partial charge < -0.3 is 35.1 Å². The van der Waals surface area contributed by atoms with E-state index in [9.17, 15) is 19.5 Å². The Bertz CT molecular complexity index is 1850. The molecule has 266 valence electrons. The summed E-state index contributed by atoms with van der Waals surface area (Å²) in [5, 5.41) is 24.3. The topological polar surface area (TPSA) is 148 Å². The Morgan fingerprint density at radius 3 is 2.44 bits per heavy atom. The van der Waals surface area contributed by atoms with Crippen LogP contribution in [0.4, 0.5) is 0 Å². The highest BCUT2D eigenvalue weighted by molar-refractivity contribution is 7.16. The minimum Gasteiger partial charge on any atom is -0.506 e. The van der Waals surface area contributed by atoms with Crippen molar-refractivity contribution in [3.05, 3.63) is 105 Å². The van der Waals surface area contributed by atoms with Crippen LogP contribution in [0.5, 0.6) is 5.75 Å². The van der Waals surface area contributed by atoms with Gasteiger partial charge in [-0.15, -0.1) is 0 Å². The van der Waals surface area contributed by atoms with Crippen LogP contribution in [0.25, 0.3) is 21.0 Å². The SMILES string of the molecule is CCN(CC)CCN(CCNCCc1ccc(O)c2[nH]c(=O)sc12)C(=O)CCOCCc1cccc2ccccc12.O=C(O)c1cccnc1. The van der Waals surface area contributed by atoms with Gasteiger partial charge in [0.05, 0.1) is 29.9 Å². The number of aromatic hydroxyl groups is 1. The molecule has 0 saturated heterocycles. The standard InChI is InChI=1S/C32H42N4O4S.C6H5NO2/c1-3-35(4-2)20-21-36(19-18-33-17-14-26-12-13-28(37)30-31(26)41-32(39)34-30)29(38)16-23-40-22-15-25-10-7-9-24-8-5-6-11-27(24)25;8-6(9)5-2-1-3-7-4-5/h5-13,33,37H,3-4,14-23H2,1-2H3,(H,34,39);1-4H,(H,8,9). The summed E-state index contributed by atoms with van der Waals surface area (Å²) < 4.78 is 6.70. The first-order chi connectivity index (χ1) is 24.3. The first-order valence-electron chi connectivity index (χ1n) is 17.0. The highest BCUT2D eigenvalue weighted by Gasteiger charge is 2.15. The van der Waals surface area contributed by atoms with Gasteiger partial charge in [0.15, 0.2) is 0 Å². The number of pyridine rings is 1. The van der Waals surface area contributed by atoms with Crippen molar-refractivity contribution in [3.8, 4) is 5.75 Å². The normalized spacial score (nSPS) is 11.1. The summed E-state index contributed by atoms with van der Waals surface area (Å²) in [6.07, 6.45) is 4.75. The zero-order valence-electron chi connectivity index (χ0n) is 28.8. The Labute approximate surface area is 296 Å². The molecule has 1 amide bonds. The number of carbonyl (C=O) groups excluding carboxylic acids is 1. The molecular formula is C38H47N5O6S. The number of nitrogens with zero attached hydrogens (tertiary/aromatic N) is 3. The molecule has 5 rings (SSSR count). The molecule has 0 radical (unpaired) electrons. The van der Waals surface area contributed by atoms with Gasteiger partial charge in [-0.25, -0.2) is 4.79 Å². The van der Waals surface area contributed by atoms with Gasteiger partial charge in [-0.2, -0.15) is 0 Å². The molecule has 0 aliphatic heterocycles. The molecule has 0 spiro atoms. The third-order valence-corrected chi connectivity index (χ3v) is 9.42. The number of benzene rings is 3. The lowest BCUT2D eigenvalue weighted by Crippen LogP contribution is -2.42. The molecule has 0 fully saturated rings. The molecule has 0 aliphatic carbocycles. The average Bonchev–Trinajstić information content (AvgIpc) is 3.54. The summed E-state index contributed by atoms with van der Waals surface area (Å²) >= 11 is 1.12. The number of ether oxygens (including phenoxy) is 1. The zero-order valence-corrected chi connectivity index (χ0v) is 29.6. The van der Waals surface area contributed by atoms with Crippen LogP contribution < -0.4 is 10.2 Å². The minimum atomic E-state index is -0.942. The molecule has 0 saturated carbocycles. The zero-order chi connectivity index (χ0) is 35.7. The van der Waals surface area contributed by atoms with Crippen LogP contribution >= 0.6 is 11.3 Å². The second-order valence-corrected chi connectivity index (χ2v) is 12.7. The monoisotopic (exact) mass is 701 g/mol. The Morgan fingerprint density at radius 2 is 1.70 bits per heavy atom. The number of aromatic carboxylic acids is 1. The van der Waals surface area contributed by atoms with Gasteiger partial charge in [-0.3, -0.25) is 14.6 Å². The van der Waals surface area contributed by atoms with Gasteiger partial charge in [0.1, 0.15) is 11.3 Å². The number of phenols is 1. The number of likely N-dealkylation sites (N-methyl/N-ethyl adjacent to an activating group) is 1. The molecule has 3 aromatic carbocycles. The first kappa shape index (κ1) is 38.2. The van der Waals surface area contributed by atoms with Crippen molar-refractivity contribution >= 4 is 44.2 Å². The maximum atomic E-state index is 13.2. The lowest BCUT2D eigenvalue weighted by atomic mass is 10.0. The van der Waals surface area contributed by atoms with E-state index in [4.69, 9.17) is 9.84 Å². The Morgan fingerprint density at radius 1 is 0.900 bits per heavy atom. The van der Waals surface area contributed by atoms with Crippen molar-refractivity contribution in [1.82, 2.24) is 25.1 Å². The number of nitrogens with one attached hydrogen (secondary N) is 2. The number of amides is 1. The van der Waals surface area contributed by atoms with Crippen LogP contribution in [0.2, 0.25) is 0 Å². The van der Waals surface area contributed by atoms with E-state index in [-0.39, 0.29) is 22.1 Å². The van der Waals surface area contributed by atoms with Crippen LogP contribution in [0, 0.1) is 0 Å². The lowest BCUT2D eigenvalue weighted by Gasteiger charge is -2.27. The van der Waals surface area contributed by atoms with Gasteiger partial charge in [-0.05, 0) is 72.6 Å². The number of fused-ring (bicyclic) bond motifs is 2.